The second-order valence-electron chi connectivity index (χ2n) is 6.08. The standard InChI is InChI=1S/C16H30N4O/c1-4-21-11-5-8-17-16-18-14(2)12-20(16)13-15-6-9-19(3)10-7-15/h12,15H,4-11,13H2,1-3H3,(H,17,18). The molecular weight excluding hydrogens is 264 g/mol. The molecule has 0 amide bonds. The number of aromatic nitrogens is 2. The van der Waals surface area contributed by atoms with Gasteiger partial charge in [-0.25, -0.2) is 4.98 Å². The van der Waals surface area contributed by atoms with Gasteiger partial charge in [-0.3, -0.25) is 0 Å². The molecule has 5 nitrogen and oxygen atoms in total. The van der Waals surface area contributed by atoms with Crippen molar-refractivity contribution in [3.05, 3.63) is 11.9 Å². The Kier molecular flexibility index (Phi) is 6.51. The largest absolute Gasteiger partial charge is 0.382 e. The number of imidazole rings is 1. The van der Waals surface area contributed by atoms with Crippen molar-refractivity contribution in [1.82, 2.24) is 14.5 Å². The molecule has 1 aliphatic heterocycles. The van der Waals surface area contributed by atoms with E-state index in [1.54, 1.807) is 0 Å². The van der Waals surface area contributed by atoms with Gasteiger partial charge in [0.25, 0.3) is 0 Å². The lowest BCUT2D eigenvalue weighted by Gasteiger charge is -2.29. The molecule has 120 valence electrons. The fourth-order valence-electron chi connectivity index (χ4n) is 2.87. The van der Waals surface area contributed by atoms with Gasteiger partial charge < -0.3 is 19.5 Å². The molecule has 1 aromatic heterocycles. The smallest absolute Gasteiger partial charge is 0.203 e. The van der Waals surface area contributed by atoms with Crippen molar-refractivity contribution in [3.63, 3.8) is 0 Å². The molecular formula is C16H30N4O. The van der Waals surface area contributed by atoms with Crippen molar-refractivity contribution in [2.75, 3.05) is 45.2 Å². The van der Waals surface area contributed by atoms with Crippen LogP contribution in [0.5, 0.6) is 0 Å². The summed E-state index contributed by atoms with van der Waals surface area (Å²) < 4.78 is 7.66. The number of aryl methyl sites for hydroxylation is 1. The molecule has 1 fully saturated rings. The van der Waals surface area contributed by atoms with Crippen LogP contribution in [-0.4, -0.2) is 54.3 Å². The van der Waals surface area contributed by atoms with Crippen LogP contribution in [-0.2, 0) is 11.3 Å². The van der Waals surface area contributed by atoms with E-state index in [0.29, 0.717) is 0 Å². The molecule has 1 N–H and O–H groups in total. The number of ether oxygens (including phenoxy) is 1. The van der Waals surface area contributed by atoms with Gasteiger partial charge in [0, 0.05) is 32.5 Å². The second-order valence-corrected chi connectivity index (χ2v) is 6.08. The highest BCUT2D eigenvalue weighted by Gasteiger charge is 2.18. The summed E-state index contributed by atoms with van der Waals surface area (Å²) in [6, 6.07) is 0. The molecule has 0 saturated carbocycles. The molecule has 1 aromatic rings. The van der Waals surface area contributed by atoms with Crippen LogP contribution in [0.2, 0.25) is 0 Å². The Bertz CT molecular complexity index is 410. The fourth-order valence-corrected chi connectivity index (χ4v) is 2.87. The summed E-state index contributed by atoms with van der Waals surface area (Å²) >= 11 is 0. The lowest BCUT2D eigenvalue weighted by Crippen LogP contribution is -2.32. The summed E-state index contributed by atoms with van der Waals surface area (Å²) in [6.07, 6.45) is 5.77. The Morgan fingerprint density at radius 1 is 1.38 bits per heavy atom. The maximum atomic E-state index is 5.37. The maximum absolute atomic E-state index is 5.37. The average molecular weight is 294 g/mol. The van der Waals surface area contributed by atoms with Crippen molar-refractivity contribution < 1.29 is 4.74 Å². The molecule has 2 rings (SSSR count). The summed E-state index contributed by atoms with van der Waals surface area (Å²) in [4.78, 5) is 7.03. The van der Waals surface area contributed by atoms with E-state index in [9.17, 15) is 0 Å². The van der Waals surface area contributed by atoms with Gasteiger partial charge in [-0.2, -0.15) is 0 Å². The third kappa shape index (κ3) is 5.32. The Hall–Kier alpha value is -1.07. The topological polar surface area (TPSA) is 42.3 Å². The van der Waals surface area contributed by atoms with Crippen LogP contribution >= 0.6 is 0 Å². The first-order valence-electron chi connectivity index (χ1n) is 8.23. The number of nitrogens with one attached hydrogen (secondary N) is 1. The summed E-state index contributed by atoms with van der Waals surface area (Å²) in [5, 5.41) is 3.45. The highest BCUT2D eigenvalue weighted by atomic mass is 16.5. The highest BCUT2D eigenvalue weighted by Crippen LogP contribution is 2.20. The maximum Gasteiger partial charge on any atom is 0.203 e. The van der Waals surface area contributed by atoms with Crippen molar-refractivity contribution in [3.8, 4) is 0 Å². The molecule has 1 aliphatic rings. The zero-order valence-corrected chi connectivity index (χ0v) is 13.8. The van der Waals surface area contributed by atoms with Crippen LogP contribution in [0.1, 0.15) is 31.9 Å². The van der Waals surface area contributed by atoms with Crippen LogP contribution in [0, 0.1) is 12.8 Å². The highest BCUT2D eigenvalue weighted by molar-refractivity contribution is 5.28. The first-order chi connectivity index (χ1) is 10.2. The van der Waals surface area contributed by atoms with Gasteiger partial charge in [0.05, 0.1) is 5.69 Å². The van der Waals surface area contributed by atoms with E-state index >= 15 is 0 Å². The van der Waals surface area contributed by atoms with Gasteiger partial charge in [-0.15, -0.1) is 0 Å². The van der Waals surface area contributed by atoms with Crippen molar-refractivity contribution >= 4 is 5.95 Å². The van der Waals surface area contributed by atoms with Crippen LogP contribution in [0.15, 0.2) is 6.20 Å². The predicted molar refractivity (Wildman–Crippen MR) is 86.8 cm³/mol. The predicted octanol–water partition coefficient (Wildman–Crippen LogP) is 2.37. The Morgan fingerprint density at radius 3 is 2.86 bits per heavy atom. The van der Waals surface area contributed by atoms with Gasteiger partial charge in [0.1, 0.15) is 0 Å². The molecule has 0 bridgehead atoms. The summed E-state index contributed by atoms with van der Waals surface area (Å²) in [5.41, 5.74) is 1.09. The lowest BCUT2D eigenvalue weighted by molar-refractivity contribution is 0.147. The van der Waals surface area contributed by atoms with E-state index < -0.39 is 0 Å². The fraction of sp³-hybridized carbons (Fsp3) is 0.812. The normalized spacial score (nSPS) is 17.3. The minimum Gasteiger partial charge on any atom is -0.382 e. The summed E-state index contributed by atoms with van der Waals surface area (Å²) in [5.74, 6) is 1.79. The molecule has 0 aliphatic carbocycles. The monoisotopic (exact) mass is 294 g/mol. The number of rotatable bonds is 8. The summed E-state index contributed by atoms with van der Waals surface area (Å²) in [6.45, 7) is 10.2. The van der Waals surface area contributed by atoms with Gasteiger partial charge in [-0.1, -0.05) is 0 Å². The number of piperidine rings is 1. The number of hydrogen-bond donors (Lipinski definition) is 1. The molecule has 0 unspecified atom stereocenters. The van der Waals surface area contributed by atoms with E-state index in [1.807, 2.05) is 6.92 Å². The van der Waals surface area contributed by atoms with Gasteiger partial charge in [-0.05, 0) is 59.2 Å². The van der Waals surface area contributed by atoms with Crippen LogP contribution in [0.3, 0.4) is 0 Å². The number of hydrogen-bond acceptors (Lipinski definition) is 4. The number of anilines is 1. The Balaban J connectivity index is 1.81. The minimum atomic E-state index is 0.777. The molecule has 5 heteroatoms. The first kappa shape index (κ1) is 16.3. The lowest BCUT2D eigenvalue weighted by atomic mass is 9.97. The van der Waals surface area contributed by atoms with Gasteiger partial charge >= 0.3 is 0 Å². The molecule has 21 heavy (non-hydrogen) atoms. The molecule has 0 atom stereocenters. The SMILES string of the molecule is CCOCCCNc1nc(C)cn1CC1CCN(C)CC1. The van der Waals surface area contributed by atoms with Crippen LogP contribution in [0.4, 0.5) is 5.95 Å². The van der Waals surface area contributed by atoms with Crippen molar-refractivity contribution in [2.45, 2.75) is 39.7 Å². The molecule has 0 aromatic carbocycles. The first-order valence-corrected chi connectivity index (χ1v) is 8.23. The Labute approximate surface area is 128 Å². The second kappa shape index (κ2) is 8.39. The van der Waals surface area contributed by atoms with E-state index in [-0.39, 0.29) is 0 Å². The minimum absolute atomic E-state index is 0.777. The van der Waals surface area contributed by atoms with E-state index in [2.05, 4.69) is 39.9 Å². The van der Waals surface area contributed by atoms with E-state index in [4.69, 9.17) is 4.74 Å². The zero-order valence-electron chi connectivity index (χ0n) is 13.8. The zero-order chi connectivity index (χ0) is 15.1. The van der Waals surface area contributed by atoms with E-state index in [0.717, 1.165) is 50.3 Å². The van der Waals surface area contributed by atoms with E-state index in [1.165, 1.54) is 25.9 Å². The molecule has 2 heterocycles. The Morgan fingerprint density at radius 2 is 2.14 bits per heavy atom. The van der Waals surface area contributed by atoms with Crippen LogP contribution < -0.4 is 5.32 Å². The quantitative estimate of drug-likeness (QED) is 0.748. The number of nitrogens with zero attached hydrogens (tertiary/aromatic N) is 3. The molecule has 0 spiro atoms. The molecule has 0 radical (unpaired) electrons. The number of likely N-dealkylation sites (tertiary alicyclic amines) is 1. The van der Waals surface area contributed by atoms with Crippen molar-refractivity contribution in [2.24, 2.45) is 5.92 Å². The average Bonchev–Trinajstić information content (AvgIpc) is 2.81. The van der Waals surface area contributed by atoms with Crippen molar-refractivity contribution in [1.29, 1.82) is 0 Å². The molecule has 1 saturated heterocycles. The third-order valence-electron chi connectivity index (χ3n) is 4.14. The van der Waals surface area contributed by atoms with Gasteiger partial charge in [0.2, 0.25) is 5.95 Å². The third-order valence-corrected chi connectivity index (χ3v) is 4.14. The van der Waals surface area contributed by atoms with Crippen LogP contribution in [0.25, 0.3) is 0 Å². The van der Waals surface area contributed by atoms with Gasteiger partial charge in [0.15, 0.2) is 0 Å². The summed E-state index contributed by atoms with van der Waals surface area (Å²) in [7, 11) is 2.21.